The second kappa shape index (κ2) is 6.89. The van der Waals surface area contributed by atoms with Gasteiger partial charge in [0.05, 0.1) is 17.8 Å². The summed E-state index contributed by atoms with van der Waals surface area (Å²) in [5.74, 6) is 0. The maximum atomic E-state index is 12.0. The summed E-state index contributed by atoms with van der Waals surface area (Å²) in [6.45, 7) is 2.75. The molecule has 1 aliphatic heterocycles. The Bertz CT molecular complexity index is 623. The first kappa shape index (κ1) is 15.0. The fourth-order valence-electron chi connectivity index (χ4n) is 2.50. The molecular weight excluding hydrogens is 298 g/mol. The lowest BCUT2D eigenvalue weighted by Crippen LogP contribution is -2.42. The van der Waals surface area contributed by atoms with Gasteiger partial charge in [0.2, 0.25) is 0 Å². The van der Waals surface area contributed by atoms with Crippen molar-refractivity contribution in [1.82, 2.24) is 10.3 Å². The molecule has 1 fully saturated rings. The Kier molecular flexibility index (Phi) is 4.70. The first-order valence-electron chi connectivity index (χ1n) is 7.42. The van der Waals surface area contributed by atoms with Gasteiger partial charge in [-0.05, 0) is 19.8 Å². The van der Waals surface area contributed by atoms with Gasteiger partial charge in [-0.15, -0.1) is 11.3 Å². The van der Waals surface area contributed by atoms with Gasteiger partial charge >= 0.3 is 6.03 Å². The lowest BCUT2D eigenvalue weighted by Gasteiger charge is -2.19. The van der Waals surface area contributed by atoms with Crippen LogP contribution < -0.4 is 10.6 Å². The second-order valence-electron chi connectivity index (χ2n) is 5.34. The van der Waals surface area contributed by atoms with Crippen molar-refractivity contribution >= 4 is 22.5 Å². The minimum atomic E-state index is -0.239. The van der Waals surface area contributed by atoms with Gasteiger partial charge in [-0.2, -0.15) is 0 Å². The van der Waals surface area contributed by atoms with E-state index in [-0.39, 0.29) is 18.2 Å². The molecule has 2 heterocycles. The highest BCUT2D eigenvalue weighted by Crippen LogP contribution is 2.24. The summed E-state index contributed by atoms with van der Waals surface area (Å²) in [6.07, 6.45) is 2.17. The van der Waals surface area contributed by atoms with Crippen LogP contribution in [0.1, 0.15) is 19.8 Å². The van der Waals surface area contributed by atoms with E-state index in [0.717, 1.165) is 30.7 Å². The Balaban J connectivity index is 1.57. The maximum Gasteiger partial charge on any atom is 0.321 e. The number of urea groups is 1. The van der Waals surface area contributed by atoms with Crippen molar-refractivity contribution in [2.45, 2.75) is 31.9 Å². The molecule has 2 aromatic rings. The van der Waals surface area contributed by atoms with Crippen LogP contribution >= 0.6 is 11.3 Å². The lowest BCUT2D eigenvalue weighted by atomic mass is 10.1. The number of nitrogens with one attached hydrogen (secondary N) is 2. The molecule has 1 aromatic heterocycles. The van der Waals surface area contributed by atoms with Gasteiger partial charge in [-0.1, -0.05) is 30.3 Å². The average molecular weight is 317 g/mol. The van der Waals surface area contributed by atoms with Crippen LogP contribution in [0, 0.1) is 0 Å². The summed E-state index contributed by atoms with van der Waals surface area (Å²) in [7, 11) is 0. The molecule has 2 atom stereocenters. The fraction of sp³-hybridized carbons (Fsp3) is 0.375. The molecule has 3 rings (SSSR count). The Labute approximate surface area is 133 Å². The highest BCUT2D eigenvalue weighted by Gasteiger charge is 2.23. The number of hydrogen-bond donors (Lipinski definition) is 2. The minimum Gasteiger partial charge on any atom is -0.376 e. The Morgan fingerprint density at radius 3 is 2.95 bits per heavy atom. The van der Waals surface area contributed by atoms with Crippen LogP contribution in [0.5, 0.6) is 0 Å². The summed E-state index contributed by atoms with van der Waals surface area (Å²) in [6, 6.07) is 9.66. The van der Waals surface area contributed by atoms with Crippen LogP contribution in [0.4, 0.5) is 9.93 Å². The zero-order valence-electron chi connectivity index (χ0n) is 12.4. The van der Waals surface area contributed by atoms with Crippen LogP contribution in [0.3, 0.4) is 0 Å². The summed E-state index contributed by atoms with van der Waals surface area (Å²) in [4.78, 5) is 16.5. The van der Waals surface area contributed by atoms with Crippen molar-refractivity contribution < 1.29 is 9.53 Å². The number of nitrogens with zero attached hydrogens (tertiary/aromatic N) is 1. The van der Waals surface area contributed by atoms with Crippen molar-refractivity contribution in [3.8, 4) is 11.3 Å². The number of carbonyl (C=O) groups is 1. The zero-order chi connectivity index (χ0) is 15.4. The van der Waals surface area contributed by atoms with Crippen LogP contribution in [-0.4, -0.2) is 29.8 Å². The van der Waals surface area contributed by atoms with E-state index < -0.39 is 0 Å². The number of ether oxygens (including phenoxy) is 1. The van der Waals surface area contributed by atoms with E-state index in [1.165, 1.54) is 11.3 Å². The molecule has 0 saturated carbocycles. The number of carbonyl (C=O) groups excluding carboxylic acids is 1. The topological polar surface area (TPSA) is 63.2 Å². The van der Waals surface area contributed by atoms with E-state index >= 15 is 0 Å². The number of thiazole rings is 1. The molecule has 2 unspecified atom stereocenters. The second-order valence-corrected chi connectivity index (χ2v) is 6.20. The van der Waals surface area contributed by atoms with Crippen molar-refractivity contribution in [2.24, 2.45) is 0 Å². The molecule has 0 radical (unpaired) electrons. The van der Waals surface area contributed by atoms with Gasteiger partial charge in [0.25, 0.3) is 0 Å². The van der Waals surface area contributed by atoms with Crippen LogP contribution in [0.2, 0.25) is 0 Å². The number of hydrogen-bond acceptors (Lipinski definition) is 4. The zero-order valence-corrected chi connectivity index (χ0v) is 13.2. The standard InChI is InChI=1S/C16H19N3O2S/c1-11(14-8-5-9-21-14)17-15(20)19-16-18-13(10-22-16)12-6-3-2-4-7-12/h2-4,6-7,10-11,14H,5,8-9H2,1H3,(H2,17,18,19,20). The van der Waals surface area contributed by atoms with Crippen LogP contribution in [-0.2, 0) is 4.74 Å². The molecule has 1 aliphatic rings. The van der Waals surface area contributed by atoms with Crippen molar-refractivity contribution in [3.63, 3.8) is 0 Å². The van der Waals surface area contributed by atoms with Crippen LogP contribution in [0.15, 0.2) is 35.7 Å². The molecule has 0 bridgehead atoms. The molecule has 1 aromatic carbocycles. The van der Waals surface area contributed by atoms with Crippen molar-refractivity contribution in [3.05, 3.63) is 35.7 Å². The van der Waals surface area contributed by atoms with Gasteiger partial charge in [0.15, 0.2) is 5.13 Å². The smallest absolute Gasteiger partial charge is 0.321 e. The summed E-state index contributed by atoms with van der Waals surface area (Å²) in [5.41, 5.74) is 1.91. The number of benzene rings is 1. The molecule has 1 saturated heterocycles. The predicted molar refractivity (Wildman–Crippen MR) is 88.1 cm³/mol. The van der Waals surface area contributed by atoms with E-state index in [1.54, 1.807) is 0 Å². The Hall–Kier alpha value is -1.92. The normalized spacial score (nSPS) is 18.9. The third kappa shape index (κ3) is 3.64. The van der Waals surface area contributed by atoms with Gasteiger partial charge in [-0.25, -0.2) is 9.78 Å². The van der Waals surface area contributed by atoms with E-state index in [2.05, 4.69) is 15.6 Å². The van der Waals surface area contributed by atoms with Crippen molar-refractivity contribution in [1.29, 1.82) is 0 Å². The molecule has 0 aliphatic carbocycles. The quantitative estimate of drug-likeness (QED) is 0.907. The molecule has 5 nitrogen and oxygen atoms in total. The van der Waals surface area contributed by atoms with E-state index in [4.69, 9.17) is 4.74 Å². The third-order valence-corrected chi connectivity index (χ3v) is 4.43. The highest BCUT2D eigenvalue weighted by molar-refractivity contribution is 7.14. The van der Waals surface area contributed by atoms with Gasteiger partial charge in [0, 0.05) is 17.6 Å². The number of anilines is 1. The minimum absolute atomic E-state index is 0.00365. The molecule has 2 amide bonds. The largest absolute Gasteiger partial charge is 0.376 e. The fourth-order valence-corrected chi connectivity index (χ4v) is 3.22. The molecule has 0 spiro atoms. The molecule has 6 heteroatoms. The van der Waals surface area contributed by atoms with E-state index in [1.807, 2.05) is 42.6 Å². The number of rotatable bonds is 4. The predicted octanol–water partition coefficient (Wildman–Crippen LogP) is 3.50. The van der Waals surface area contributed by atoms with Gasteiger partial charge in [-0.3, -0.25) is 5.32 Å². The molecule has 2 N–H and O–H groups in total. The summed E-state index contributed by atoms with van der Waals surface area (Å²) >= 11 is 1.42. The monoisotopic (exact) mass is 317 g/mol. The summed E-state index contributed by atoms with van der Waals surface area (Å²) < 4.78 is 5.57. The molecule has 22 heavy (non-hydrogen) atoms. The first-order chi connectivity index (χ1) is 10.7. The van der Waals surface area contributed by atoms with Gasteiger partial charge < -0.3 is 10.1 Å². The number of aromatic nitrogens is 1. The maximum absolute atomic E-state index is 12.0. The molecular formula is C16H19N3O2S. The molecule has 116 valence electrons. The third-order valence-electron chi connectivity index (χ3n) is 3.68. The lowest BCUT2D eigenvalue weighted by molar-refractivity contribution is 0.0868. The van der Waals surface area contributed by atoms with Crippen molar-refractivity contribution in [2.75, 3.05) is 11.9 Å². The first-order valence-corrected chi connectivity index (χ1v) is 8.30. The van der Waals surface area contributed by atoms with Gasteiger partial charge in [0.1, 0.15) is 0 Å². The summed E-state index contributed by atoms with van der Waals surface area (Å²) in [5, 5.41) is 8.23. The highest BCUT2D eigenvalue weighted by atomic mass is 32.1. The van der Waals surface area contributed by atoms with Crippen LogP contribution in [0.25, 0.3) is 11.3 Å². The SMILES string of the molecule is CC(NC(=O)Nc1nc(-c2ccccc2)cs1)C1CCCO1. The average Bonchev–Trinajstić information content (AvgIpc) is 3.19. The van der Waals surface area contributed by atoms with E-state index in [0.29, 0.717) is 5.13 Å². The Morgan fingerprint density at radius 1 is 1.41 bits per heavy atom. The van der Waals surface area contributed by atoms with E-state index in [9.17, 15) is 4.79 Å². The Morgan fingerprint density at radius 2 is 2.23 bits per heavy atom. The number of amides is 2.